The van der Waals surface area contributed by atoms with E-state index in [1.54, 1.807) is 25.5 Å². The Labute approximate surface area is 226 Å². The molecule has 1 fully saturated rings. The van der Waals surface area contributed by atoms with Crippen LogP contribution in [0.15, 0.2) is 47.2 Å². The molecule has 1 saturated heterocycles. The number of furan rings is 1. The van der Waals surface area contributed by atoms with Crippen molar-refractivity contribution >= 4 is 45.5 Å². The van der Waals surface area contributed by atoms with Crippen LogP contribution in [-0.4, -0.2) is 50.3 Å². The van der Waals surface area contributed by atoms with Crippen molar-refractivity contribution < 1.29 is 15.3 Å². The quantitative estimate of drug-likeness (QED) is 0.303. The van der Waals surface area contributed by atoms with Crippen LogP contribution in [0.25, 0.3) is 22.0 Å². The predicted molar refractivity (Wildman–Crippen MR) is 145 cm³/mol. The summed E-state index contributed by atoms with van der Waals surface area (Å²) in [7, 11) is 3.09. The SMILES string of the molecule is [2H]C(c1cc(-c2cc3ncc(C#N)c(Nc4cc(OC)c(Cl)cc4Cl)c3cc2OC)co1)N1CCNCC1. The molecule has 4 aromatic rings. The third kappa shape index (κ3) is 5.17. The molecule has 0 amide bonds. The topological polar surface area (TPSA) is 95.6 Å². The van der Waals surface area contributed by atoms with Gasteiger partial charge in [-0.2, -0.15) is 5.26 Å². The summed E-state index contributed by atoms with van der Waals surface area (Å²) in [4.78, 5) is 6.59. The summed E-state index contributed by atoms with van der Waals surface area (Å²) in [5.41, 5.74) is 3.54. The number of anilines is 2. The smallest absolute Gasteiger partial charge is 0.139 e. The summed E-state index contributed by atoms with van der Waals surface area (Å²) in [5.74, 6) is 1.57. The second-order valence-electron chi connectivity index (χ2n) is 8.47. The van der Waals surface area contributed by atoms with Gasteiger partial charge in [0.2, 0.25) is 0 Å². The number of nitriles is 1. The third-order valence-electron chi connectivity index (χ3n) is 6.20. The lowest BCUT2D eigenvalue weighted by Gasteiger charge is -2.26. The highest BCUT2D eigenvalue weighted by atomic mass is 35.5. The molecular weight excluding hydrogens is 513 g/mol. The highest BCUT2D eigenvalue weighted by molar-refractivity contribution is 6.37. The molecular formula is C27H25Cl2N5O3. The number of methoxy groups -OCH3 is 2. The number of nitrogens with one attached hydrogen (secondary N) is 2. The molecule has 1 aliphatic rings. The fraction of sp³-hybridized carbons (Fsp3) is 0.259. The Morgan fingerprint density at radius 3 is 2.65 bits per heavy atom. The first-order chi connectivity index (χ1) is 18.4. The van der Waals surface area contributed by atoms with Crippen LogP contribution in [0.2, 0.25) is 10.0 Å². The van der Waals surface area contributed by atoms with Gasteiger partial charge in [0.05, 0.1) is 60.9 Å². The van der Waals surface area contributed by atoms with Gasteiger partial charge in [-0.3, -0.25) is 9.88 Å². The van der Waals surface area contributed by atoms with Gasteiger partial charge in [-0.05, 0) is 24.3 Å². The van der Waals surface area contributed by atoms with Gasteiger partial charge in [0.25, 0.3) is 0 Å². The summed E-state index contributed by atoms with van der Waals surface area (Å²) < 4.78 is 25.5. The Bertz CT molecular complexity index is 1530. The van der Waals surface area contributed by atoms with Crippen molar-refractivity contribution in [2.45, 2.75) is 6.52 Å². The molecule has 1 aliphatic heterocycles. The van der Waals surface area contributed by atoms with E-state index in [-0.39, 0.29) is 0 Å². The number of ether oxygens (including phenoxy) is 2. The molecule has 2 N–H and O–H groups in total. The molecule has 2 aromatic heterocycles. The van der Waals surface area contributed by atoms with E-state index in [2.05, 4.69) is 26.6 Å². The summed E-state index contributed by atoms with van der Waals surface area (Å²) in [6.07, 6.45) is 3.14. The zero-order valence-electron chi connectivity index (χ0n) is 21.3. The zero-order chi connectivity index (χ0) is 26.8. The standard InChI is InChI=1S/C27H25Cl2N5O3/c1-35-25-9-20-23(8-19(25)16-7-18(37-15-16)14-34-5-3-31-4-6-34)32-13-17(12-30)27(20)33-24-11-26(36-2)22(29)10-21(24)28/h7-11,13,15,31H,3-6,14H2,1-2H3,(H,32,33)/i14D. The number of aromatic nitrogens is 1. The number of hydrogen-bond acceptors (Lipinski definition) is 8. The summed E-state index contributed by atoms with van der Waals surface area (Å²) in [6.45, 7) is 2.68. The van der Waals surface area contributed by atoms with Gasteiger partial charge in [-0.1, -0.05) is 23.2 Å². The lowest BCUT2D eigenvalue weighted by Crippen LogP contribution is -2.42. The molecule has 8 nitrogen and oxygen atoms in total. The Morgan fingerprint density at radius 2 is 1.92 bits per heavy atom. The normalized spacial score (nSPS) is 15.2. The van der Waals surface area contributed by atoms with E-state index in [9.17, 15) is 5.26 Å². The monoisotopic (exact) mass is 538 g/mol. The number of benzene rings is 2. The number of pyridine rings is 1. The number of fused-ring (bicyclic) bond motifs is 1. The number of rotatable bonds is 7. The average Bonchev–Trinajstić information content (AvgIpc) is 3.44. The maximum atomic E-state index is 9.81. The predicted octanol–water partition coefficient (Wildman–Crippen LogP) is 5.84. The maximum Gasteiger partial charge on any atom is 0.139 e. The van der Waals surface area contributed by atoms with Gasteiger partial charge in [-0.25, -0.2) is 0 Å². The highest BCUT2D eigenvalue weighted by Crippen LogP contribution is 2.41. The van der Waals surface area contributed by atoms with Crippen LogP contribution < -0.4 is 20.1 Å². The third-order valence-corrected chi connectivity index (χ3v) is 6.81. The first-order valence-electron chi connectivity index (χ1n) is 12.2. The van der Waals surface area contributed by atoms with Crippen molar-refractivity contribution in [3.8, 4) is 28.7 Å². The van der Waals surface area contributed by atoms with E-state index in [0.29, 0.717) is 55.1 Å². The second kappa shape index (κ2) is 10.9. The lowest BCUT2D eigenvalue weighted by atomic mass is 10.0. The molecule has 0 saturated carbocycles. The largest absolute Gasteiger partial charge is 0.496 e. The van der Waals surface area contributed by atoms with Crippen molar-refractivity contribution in [1.29, 1.82) is 5.26 Å². The van der Waals surface area contributed by atoms with E-state index in [0.717, 1.165) is 37.3 Å². The number of nitrogens with zero attached hydrogens (tertiary/aromatic N) is 3. The van der Waals surface area contributed by atoms with E-state index in [4.69, 9.17) is 38.5 Å². The molecule has 1 unspecified atom stereocenters. The Morgan fingerprint density at radius 1 is 1.14 bits per heavy atom. The van der Waals surface area contributed by atoms with Crippen LogP contribution in [-0.2, 0) is 6.52 Å². The van der Waals surface area contributed by atoms with Crippen molar-refractivity contribution in [2.24, 2.45) is 0 Å². The summed E-state index contributed by atoms with van der Waals surface area (Å²) in [5, 5.41) is 17.8. The average molecular weight is 539 g/mol. The molecule has 0 spiro atoms. The first-order valence-corrected chi connectivity index (χ1v) is 12.4. The van der Waals surface area contributed by atoms with Crippen molar-refractivity contribution in [3.63, 3.8) is 0 Å². The molecule has 5 rings (SSSR count). The Kier molecular flexibility index (Phi) is 7.02. The van der Waals surface area contributed by atoms with Gasteiger partial charge in [-0.15, -0.1) is 0 Å². The van der Waals surface area contributed by atoms with Gasteiger partial charge >= 0.3 is 0 Å². The first kappa shape index (κ1) is 23.9. The van der Waals surface area contributed by atoms with Crippen molar-refractivity contribution in [3.05, 3.63) is 64.2 Å². The van der Waals surface area contributed by atoms with Crippen LogP contribution in [0.3, 0.4) is 0 Å². The minimum atomic E-state index is -0.592. The number of halogens is 2. The lowest BCUT2D eigenvalue weighted by molar-refractivity contribution is 0.216. The van der Waals surface area contributed by atoms with E-state index in [1.807, 2.05) is 18.2 Å². The molecule has 10 heteroatoms. The number of hydrogen-bond donors (Lipinski definition) is 2. The van der Waals surface area contributed by atoms with Gasteiger partial charge in [0.1, 0.15) is 23.3 Å². The van der Waals surface area contributed by atoms with E-state index >= 15 is 0 Å². The summed E-state index contributed by atoms with van der Waals surface area (Å²) in [6, 6.07) is 11.0. The van der Waals surface area contributed by atoms with Gasteiger partial charge in [0, 0.05) is 55.0 Å². The van der Waals surface area contributed by atoms with E-state index in [1.165, 1.54) is 13.3 Å². The van der Waals surface area contributed by atoms with Crippen LogP contribution in [0.1, 0.15) is 12.7 Å². The fourth-order valence-corrected chi connectivity index (χ4v) is 4.81. The molecule has 2 aromatic carbocycles. The van der Waals surface area contributed by atoms with Crippen molar-refractivity contribution in [1.82, 2.24) is 15.2 Å². The van der Waals surface area contributed by atoms with Crippen LogP contribution in [0, 0.1) is 11.3 Å². The number of piperazine rings is 1. The van der Waals surface area contributed by atoms with Crippen molar-refractivity contribution in [2.75, 3.05) is 45.7 Å². The fourth-order valence-electron chi connectivity index (χ4n) is 4.30. The molecule has 1 atom stereocenters. The van der Waals surface area contributed by atoms with E-state index < -0.39 is 6.52 Å². The van der Waals surface area contributed by atoms with Crippen LogP contribution >= 0.6 is 23.2 Å². The second-order valence-corrected chi connectivity index (χ2v) is 9.29. The highest BCUT2D eigenvalue weighted by Gasteiger charge is 2.19. The molecule has 3 heterocycles. The van der Waals surface area contributed by atoms with Gasteiger partial charge in [0.15, 0.2) is 0 Å². The molecule has 0 bridgehead atoms. The Balaban J connectivity index is 1.56. The molecule has 0 radical (unpaired) electrons. The minimum Gasteiger partial charge on any atom is -0.496 e. The maximum absolute atomic E-state index is 9.81. The van der Waals surface area contributed by atoms with Crippen LogP contribution in [0.5, 0.6) is 11.5 Å². The minimum absolute atomic E-state index is 0.330. The molecule has 37 heavy (non-hydrogen) atoms. The Hall–Kier alpha value is -3.48. The van der Waals surface area contributed by atoms with Crippen LogP contribution in [0.4, 0.5) is 11.4 Å². The summed E-state index contributed by atoms with van der Waals surface area (Å²) >= 11 is 12.6. The zero-order valence-corrected chi connectivity index (χ0v) is 21.8. The molecule has 190 valence electrons. The van der Waals surface area contributed by atoms with Gasteiger partial charge < -0.3 is 24.5 Å². The molecule has 0 aliphatic carbocycles.